The molecule has 0 aliphatic heterocycles. The molecule has 5 rings (SSSR count). The molecule has 35 heavy (non-hydrogen) atoms. The second-order valence-corrected chi connectivity index (χ2v) is 7.49. The molecule has 172 valence electrons. The molecule has 0 spiro atoms. The van der Waals surface area contributed by atoms with E-state index in [0.717, 1.165) is 5.56 Å². The third kappa shape index (κ3) is 4.76. The van der Waals surface area contributed by atoms with E-state index in [4.69, 9.17) is 9.47 Å². The van der Waals surface area contributed by atoms with Gasteiger partial charge in [0.05, 0.1) is 20.9 Å². The van der Waals surface area contributed by atoms with Crippen molar-refractivity contribution in [2.24, 2.45) is 0 Å². The van der Waals surface area contributed by atoms with Crippen LogP contribution in [0.2, 0.25) is 0 Å². The molecule has 0 amide bonds. The number of H-pyrrole nitrogens is 1. The van der Waals surface area contributed by atoms with E-state index in [1.165, 1.54) is 36.4 Å². The van der Waals surface area contributed by atoms with Gasteiger partial charge in [0.2, 0.25) is 0 Å². The van der Waals surface area contributed by atoms with E-state index < -0.39 is 9.85 Å². The van der Waals surface area contributed by atoms with E-state index in [1.807, 2.05) is 12.1 Å². The van der Waals surface area contributed by atoms with E-state index in [0.29, 0.717) is 39.9 Å². The summed E-state index contributed by atoms with van der Waals surface area (Å²) in [5.41, 5.74) is 2.03. The lowest BCUT2D eigenvalue weighted by Crippen LogP contribution is -1.89. The Balaban J connectivity index is 1.25. The molecule has 10 nitrogen and oxygen atoms in total. The van der Waals surface area contributed by atoms with Crippen molar-refractivity contribution in [2.75, 3.05) is 0 Å². The first-order valence-electron chi connectivity index (χ1n) is 10.4. The van der Waals surface area contributed by atoms with Crippen LogP contribution in [0.4, 0.5) is 11.4 Å². The molecule has 0 saturated heterocycles. The maximum absolute atomic E-state index is 11.0. The van der Waals surface area contributed by atoms with Gasteiger partial charge in [0.15, 0.2) is 0 Å². The number of nitrogens with zero attached hydrogens (tertiary/aromatic N) is 3. The molecule has 5 aromatic rings. The third-order valence-electron chi connectivity index (χ3n) is 5.15. The van der Waals surface area contributed by atoms with Gasteiger partial charge in [0, 0.05) is 29.8 Å². The summed E-state index contributed by atoms with van der Waals surface area (Å²) in [6.45, 7) is 0. The summed E-state index contributed by atoms with van der Waals surface area (Å²) in [5.74, 6) is 2.86. The van der Waals surface area contributed by atoms with Crippen molar-refractivity contribution in [3.63, 3.8) is 0 Å². The van der Waals surface area contributed by atoms with Gasteiger partial charge in [0.1, 0.15) is 28.8 Å². The number of aromatic amines is 1. The fraction of sp³-hybridized carbons (Fsp3) is 0. The van der Waals surface area contributed by atoms with Gasteiger partial charge in [-0.3, -0.25) is 20.2 Å². The summed E-state index contributed by atoms with van der Waals surface area (Å²) < 4.78 is 11.6. The van der Waals surface area contributed by atoms with E-state index in [-0.39, 0.29) is 11.4 Å². The Kier molecular flexibility index (Phi) is 5.52. The summed E-state index contributed by atoms with van der Waals surface area (Å²) in [5, 5.41) is 21.7. The predicted molar refractivity (Wildman–Crippen MR) is 128 cm³/mol. The summed E-state index contributed by atoms with van der Waals surface area (Å²) in [4.78, 5) is 28.4. The first-order valence-corrected chi connectivity index (χ1v) is 10.4. The normalized spacial score (nSPS) is 10.7. The zero-order chi connectivity index (χ0) is 24.4. The first kappa shape index (κ1) is 21.6. The average molecular weight is 468 g/mol. The highest BCUT2D eigenvalue weighted by atomic mass is 16.6. The Bertz CT molecular complexity index is 1530. The molecule has 0 radical (unpaired) electrons. The molecular formula is C25H16N4O6. The topological polar surface area (TPSA) is 133 Å². The molecule has 0 aliphatic rings. The number of benzene rings is 4. The molecular weight excluding hydrogens is 452 g/mol. The van der Waals surface area contributed by atoms with Crippen LogP contribution in [-0.2, 0) is 0 Å². The largest absolute Gasteiger partial charge is 0.457 e. The summed E-state index contributed by atoms with van der Waals surface area (Å²) >= 11 is 0. The highest BCUT2D eigenvalue weighted by Crippen LogP contribution is 2.29. The molecule has 0 bridgehead atoms. The van der Waals surface area contributed by atoms with Crippen molar-refractivity contribution >= 4 is 22.4 Å². The van der Waals surface area contributed by atoms with Crippen molar-refractivity contribution in [3.8, 4) is 34.4 Å². The van der Waals surface area contributed by atoms with E-state index in [1.54, 1.807) is 42.5 Å². The fourth-order valence-corrected chi connectivity index (χ4v) is 3.41. The molecule has 0 unspecified atom stereocenters. The van der Waals surface area contributed by atoms with E-state index in [2.05, 4.69) is 9.97 Å². The maximum atomic E-state index is 11.0. The minimum absolute atomic E-state index is 0.000565. The number of rotatable bonds is 7. The van der Waals surface area contributed by atoms with Crippen molar-refractivity contribution in [3.05, 3.63) is 111 Å². The van der Waals surface area contributed by atoms with Crippen LogP contribution < -0.4 is 9.47 Å². The van der Waals surface area contributed by atoms with Crippen LogP contribution in [0.5, 0.6) is 23.0 Å². The highest BCUT2D eigenvalue weighted by molar-refractivity contribution is 5.81. The SMILES string of the molecule is O=[N+]([O-])c1ccc(Oc2ccc(Oc3ccc(-c4nc5ccc([N+](=O)[O-])cc5[nH]4)cc3)cc2)cc1. The van der Waals surface area contributed by atoms with Gasteiger partial charge in [0.25, 0.3) is 11.4 Å². The first-order chi connectivity index (χ1) is 16.9. The molecule has 1 N–H and O–H groups in total. The number of non-ortho nitro benzene ring substituents is 2. The number of nitro groups is 2. The molecule has 1 heterocycles. The second kappa shape index (κ2) is 8.94. The maximum Gasteiger partial charge on any atom is 0.271 e. The number of imidazole rings is 1. The van der Waals surface area contributed by atoms with Crippen molar-refractivity contribution in [1.29, 1.82) is 0 Å². The van der Waals surface area contributed by atoms with Crippen molar-refractivity contribution in [1.82, 2.24) is 9.97 Å². The van der Waals surface area contributed by atoms with Gasteiger partial charge < -0.3 is 14.5 Å². The van der Waals surface area contributed by atoms with Gasteiger partial charge in [-0.05, 0) is 66.7 Å². The quantitative estimate of drug-likeness (QED) is 0.209. The van der Waals surface area contributed by atoms with Crippen LogP contribution in [0.3, 0.4) is 0 Å². The number of aromatic nitrogens is 2. The Morgan fingerprint density at radius 3 is 1.60 bits per heavy atom. The lowest BCUT2D eigenvalue weighted by atomic mass is 10.2. The molecule has 0 atom stereocenters. The van der Waals surface area contributed by atoms with Crippen LogP contribution >= 0.6 is 0 Å². The lowest BCUT2D eigenvalue weighted by molar-refractivity contribution is -0.385. The standard InChI is InChI=1S/C25H16N4O6/c30-28(31)17-3-8-20(9-4-17)35-22-12-10-21(11-13-22)34-19-6-1-16(2-7-19)25-26-23-14-5-18(29(32)33)15-24(23)27-25/h1-15H,(H,26,27). The van der Waals surface area contributed by atoms with Crippen molar-refractivity contribution in [2.45, 2.75) is 0 Å². The zero-order valence-electron chi connectivity index (χ0n) is 18.0. The van der Waals surface area contributed by atoms with Crippen LogP contribution in [0.15, 0.2) is 91.0 Å². The number of nitro benzene ring substituents is 2. The Labute approximate surface area is 197 Å². The number of hydrogen-bond acceptors (Lipinski definition) is 7. The van der Waals surface area contributed by atoms with Crippen molar-refractivity contribution < 1.29 is 19.3 Å². The minimum Gasteiger partial charge on any atom is -0.457 e. The Morgan fingerprint density at radius 1 is 0.629 bits per heavy atom. The summed E-state index contributed by atoms with van der Waals surface area (Å²) in [6.07, 6.45) is 0. The minimum atomic E-state index is -0.465. The molecule has 0 saturated carbocycles. The number of fused-ring (bicyclic) bond motifs is 1. The highest BCUT2D eigenvalue weighted by Gasteiger charge is 2.11. The monoisotopic (exact) mass is 468 g/mol. The van der Waals surface area contributed by atoms with Gasteiger partial charge in [-0.1, -0.05) is 0 Å². The van der Waals surface area contributed by atoms with E-state index in [9.17, 15) is 20.2 Å². The van der Waals surface area contributed by atoms with Crippen LogP contribution in [0.25, 0.3) is 22.4 Å². The number of ether oxygens (including phenoxy) is 2. The fourth-order valence-electron chi connectivity index (χ4n) is 3.41. The molecule has 10 heteroatoms. The Hall–Kier alpha value is -5.25. The number of hydrogen-bond donors (Lipinski definition) is 1. The molecule has 0 aliphatic carbocycles. The van der Waals surface area contributed by atoms with Crippen LogP contribution in [-0.4, -0.2) is 19.8 Å². The van der Waals surface area contributed by atoms with Gasteiger partial charge in [-0.2, -0.15) is 0 Å². The van der Waals surface area contributed by atoms with Gasteiger partial charge in [-0.25, -0.2) is 4.98 Å². The smallest absolute Gasteiger partial charge is 0.271 e. The number of nitrogens with one attached hydrogen (secondary N) is 1. The van der Waals surface area contributed by atoms with E-state index >= 15 is 0 Å². The zero-order valence-corrected chi connectivity index (χ0v) is 18.0. The van der Waals surface area contributed by atoms with Crippen LogP contribution in [0, 0.1) is 20.2 Å². The van der Waals surface area contributed by atoms with Crippen LogP contribution in [0.1, 0.15) is 0 Å². The Morgan fingerprint density at radius 2 is 1.09 bits per heavy atom. The average Bonchev–Trinajstić information content (AvgIpc) is 3.29. The summed E-state index contributed by atoms with van der Waals surface area (Å²) in [6, 6.07) is 24.6. The summed E-state index contributed by atoms with van der Waals surface area (Å²) in [7, 11) is 0. The predicted octanol–water partition coefficient (Wildman–Crippen LogP) is 6.63. The molecule has 1 aromatic heterocycles. The van der Waals surface area contributed by atoms with Gasteiger partial charge in [-0.15, -0.1) is 0 Å². The second-order valence-electron chi connectivity index (χ2n) is 7.49. The van der Waals surface area contributed by atoms with Gasteiger partial charge >= 0.3 is 0 Å². The molecule has 0 fully saturated rings. The third-order valence-corrected chi connectivity index (χ3v) is 5.15. The molecule has 4 aromatic carbocycles. The lowest BCUT2D eigenvalue weighted by Gasteiger charge is -2.08.